The van der Waals surface area contributed by atoms with Gasteiger partial charge in [-0.25, -0.2) is 9.59 Å². The first-order valence-corrected chi connectivity index (χ1v) is 15.0. The number of carbonyl (C=O) groups excluding carboxylic acids is 1. The fourth-order valence-corrected chi connectivity index (χ4v) is 3.53. The molecule has 13 nitrogen and oxygen atoms in total. The van der Waals surface area contributed by atoms with Crippen molar-refractivity contribution in [2.24, 2.45) is 0 Å². The van der Waals surface area contributed by atoms with E-state index >= 15 is 0 Å². The third-order valence-corrected chi connectivity index (χ3v) is 5.71. The summed E-state index contributed by atoms with van der Waals surface area (Å²) in [6.07, 6.45) is 0.955. The largest absolute Gasteiger partial charge is 0.487 e. The maximum Gasteiger partial charge on any atom is 0.343 e. The van der Waals surface area contributed by atoms with E-state index in [1.54, 1.807) is 37.4 Å². The number of hydrogen-bond donors (Lipinski definition) is 1. The van der Waals surface area contributed by atoms with Crippen LogP contribution in [-0.4, -0.2) is 123 Å². The summed E-state index contributed by atoms with van der Waals surface area (Å²) in [6.45, 7) is 7.53. The molecule has 0 spiro atoms. The normalized spacial score (nSPS) is 11.0. The van der Waals surface area contributed by atoms with Crippen LogP contribution < -0.4 is 14.2 Å². The predicted octanol–water partition coefficient (Wildman–Crippen LogP) is 3.52. The van der Waals surface area contributed by atoms with Gasteiger partial charge in [-0.15, -0.1) is 0 Å². The van der Waals surface area contributed by atoms with Crippen LogP contribution in [0.2, 0.25) is 0 Å². The van der Waals surface area contributed by atoms with Gasteiger partial charge < -0.3 is 52.5 Å². The minimum atomic E-state index is -1.21. The molecule has 13 heteroatoms. The van der Waals surface area contributed by atoms with Crippen molar-refractivity contribution < 1.29 is 62.1 Å². The Hall–Kier alpha value is -3.30. The fourth-order valence-electron chi connectivity index (χ4n) is 3.53. The van der Waals surface area contributed by atoms with Crippen molar-refractivity contribution in [3.63, 3.8) is 0 Å². The molecule has 0 unspecified atom stereocenters. The SMILES string of the molecule is CCCOCCOCCOCCOc1cc(C(=O)O)cc(OCCOCCOCCOCCOC)c1OC(=O)c1ccccc1. The van der Waals surface area contributed by atoms with Crippen LogP contribution in [-0.2, 0) is 33.2 Å². The molecule has 0 aliphatic heterocycles. The van der Waals surface area contributed by atoms with Gasteiger partial charge in [-0.05, 0) is 30.7 Å². The van der Waals surface area contributed by atoms with Crippen molar-refractivity contribution in [1.82, 2.24) is 0 Å². The van der Waals surface area contributed by atoms with Gasteiger partial charge >= 0.3 is 11.9 Å². The van der Waals surface area contributed by atoms with E-state index in [-0.39, 0.29) is 49.2 Å². The monoisotopic (exact) mass is 638 g/mol. The second-order valence-electron chi connectivity index (χ2n) is 9.23. The molecule has 0 bridgehead atoms. The van der Waals surface area contributed by atoms with Gasteiger partial charge in [0, 0.05) is 13.7 Å². The highest BCUT2D eigenvalue weighted by Gasteiger charge is 2.22. The first-order chi connectivity index (χ1) is 22.1. The number of carboxylic acid groups (broad SMARTS) is 1. The third-order valence-electron chi connectivity index (χ3n) is 5.71. The lowest BCUT2D eigenvalue weighted by Crippen LogP contribution is -2.16. The Balaban J connectivity index is 1.93. The van der Waals surface area contributed by atoms with E-state index in [0.29, 0.717) is 78.2 Å². The molecule has 1 N–H and O–H groups in total. The summed E-state index contributed by atoms with van der Waals surface area (Å²) in [6, 6.07) is 10.9. The lowest BCUT2D eigenvalue weighted by Gasteiger charge is -2.17. The number of carboxylic acids is 1. The van der Waals surface area contributed by atoms with Crippen molar-refractivity contribution in [3.05, 3.63) is 53.6 Å². The standard InChI is InChI=1S/C32H46O13/c1-3-9-37-12-13-39-16-18-41-20-22-43-28-24-27(31(33)34)25-29(30(28)45-32(35)26-7-5-4-6-8-26)44-23-21-42-19-17-40-15-14-38-11-10-36-2/h4-8,24-25H,3,9-23H2,1-2H3,(H,33,34). The molecule has 252 valence electrons. The van der Waals surface area contributed by atoms with Crippen LogP contribution in [0.3, 0.4) is 0 Å². The van der Waals surface area contributed by atoms with Crippen molar-refractivity contribution in [2.45, 2.75) is 13.3 Å². The highest BCUT2D eigenvalue weighted by Crippen LogP contribution is 2.39. The summed E-state index contributed by atoms with van der Waals surface area (Å²) >= 11 is 0. The van der Waals surface area contributed by atoms with E-state index in [1.807, 2.05) is 6.92 Å². The maximum absolute atomic E-state index is 12.9. The van der Waals surface area contributed by atoms with E-state index < -0.39 is 11.9 Å². The Morgan fingerprint density at radius 2 is 1.00 bits per heavy atom. The van der Waals surface area contributed by atoms with Crippen LogP contribution in [0.15, 0.2) is 42.5 Å². The van der Waals surface area contributed by atoms with Crippen molar-refractivity contribution in [3.8, 4) is 17.2 Å². The summed E-state index contributed by atoms with van der Waals surface area (Å²) in [5.74, 6) is -1.89. The Morgan fingerprint density at radius 1 is 0.578 bits per heavy atom. The zero-order valence-corrected chi connectivity index (χ0v) is 26.2. The molecule has 0 radical (unpaired) electrons. The molecule has 2 rings (SSSR count). The molecule has 0 aromatic heterocycles. The van der Waals surface area contributed by atoms with Gasteiger partial charge in [-0.1, -0.05) is 25.1 Å². The van der Waals surface area contributed by atoms with E-state index in [2.05, 4.69) is 0 Å². The molecule has 2 aromatic rings. The van der Waals surface area contributed by atoms with Gasteiger partial charge in [-0.2, -0.15) is 0 Å². The zero-order chi connectivity index (χ0) is 32.4. The van der Waals surface area contributed by atoms with E-state index in [0.717, 1.165) is 6.42 Å². The van der Waals surface area contributed by atoms with E-state index in [4.69, 9.17) is 47.4 Å². The predicted molar refractivity (Wildman–Crippen MR) is 163 cm³/mol. The number of carbonyl (C=O) groups is 2. The highest BCUT2D eigenvalue weighted by atomic mass is 16.6. The fraction of sp³-hybridized carbons (Fsp3) is 0.562. The van der Waals surface area contributed by atoms with E-state index in [9.17, 15) is 14.7 Å². The number of esters is 1. The second kappa shape index (κ2) is 25.0. The molecular formula is C32H46O13. The van der Waals surface area contributed by atoms with Crippen LogP contribution in [0, 0.1) is 0 Å². The minimum Gasteiger partial charge on any atom is -0.487 e. The Bertz CT molecular complexity index is 1060. The Kier molecular flexibility index (Phi) is 21.0. The summed E-state index contributed by atoms with van der Waals surface area (Å²) < 4.78 is 54.9. The lowest BCUT2D eigenvalue weighted by atomic mass is 10.1. The first-order valence-electron chi connectivity index (χ1n) is 15.0. The molecule has 45 heavy (non-hydrogen) atoms. The number of methoxy groups -OCH3 is 1. The summed E-state index contributed by atoms with van der Waals surface area (Å²) in [7, 11) is 1.61. The number of aromatic carboxylic acids is 1. The van der Waals surface area contributed by atoms with Gasteiger partial charge in [0.05, 0.1) is 90.4 Å². The maximum atomic E-state index is 12.9. The number of rotatable bonds is 28. The van der Waals surface area contributed by atoms with Crippen molar-refractivity contribution in [2.75, 3.05) is 106 Å². The molecule has 2 aromatic carbocycles. The molecular weight excluding hydrogens is 592 g/mol. The van der Waals surface area contributed by atoms with Gasteiger partial charge in [-0.3, -0.25) is 0 Å². The van der Waals surface area contributed by atoms with Crippen molar-refractivity contribution >= 4 is 11.9 Å². The number of hydrogen-bond acceptors (Lipinski definition) is 12. The average molecular weight is 639 g/mol. The van der Waals surface area contributed by atoms with Crippen LogP contribution >= 0.6 is 0 Å². The third kappa shape index (κ3) is 17.1. The van der Waals surface area contributed by atoms with Gasteiger partial charge in [0.25, 0.3) is 0 Å². The summed E-state index contributed by atoms with van der Waals surface area (Å²) in [4.78, 5) is 24.8. The molecule has 0 heterocycles. The van der Waals surface area contributed by atoms with Gasteiger partial charge in [0.1, 0.15) is 13.2 Å². The quantitative estimate of drug-likeness (QED) is 0.0825. The van der Waals surface area contributed by atoms with Gasteiger partial charge in [0.2, 0.25) is 5.75 Å². The molecule has 0 amide bonds. The summed E-state index contributed by atoms with van der Waals surface area (Å²) in [5.41, 5.74) is 0.189. The second-order valence-corrected chi connectivity index (χ2v) is 9.23. The van der Waals surface area contributed by atoms with Crippen LogP contribution in [0.5, 0.6) is 17.2 Å². The molecule has 0 aliphatic rings. The molecule has 0 fully saturated rings. The van der Waals surface area contributed by atoms with Crippen LogP contribution in [0.25, 0.3) is 0 Å². The van der Waals surface area contributed by atoms with Gasteiger partial charge in [0.15, 0.2) is 11.5 Å². The molecule has 0 atom stereocenters. The van der Waals surface area contributed by atoms with E-state index in [1.165, 1.54) is 12.1 Å². The zero-order valence-electron chi connectivity index (χ0n) is 26.2. The number of benzene rings is 2. The highest BCUT2D eigenvalue weighted by molar-refractivity contribution is 5.93. The molecule has 0 aliphatic carbocycles. The van der Waals surface area contributed by atoms with Crippen LogP contribution in [0.1, 0.15) is 34.1 Å². The molecule has 0 saturated carbocycles. The smallest absolute Gasteiger partial charge is 0.343 e. The first kappa shape index (κ1) is 37.9. The Labute approximate surface area is 264 Å². The topological polar surface area (TPSA) is 147 Å². The van der Waals surface area contributed by atoms with Crippen LogP contribution in [0.4, 0.5) is 0 Å². The summed E-state index contributed by atoms with van der Waals surface area (Å²) in [5, 5.41) is 9.70. The Morgan fingerprint density at radius 3 is 1.42 bits per heavy atom. The molecule has 0 saturated heterocycles. The van der Waals surface area contributed by atoms with Crippen molar-refractivity contribution in [1.29, 1.82) is 0 Å². The lowest BCUT2D eigenvalue weighted by molar-refractivity contribution is 0.0000346. The average Bonchev–Trinajstić information content (AvgIpc) is 3.05. The minimum absolute atomic E-state index is 0.0156. The number of ether oxygens (including phenoxy) is 10.